The fourth-order valence-electron chi connectivity index (χ4n) is 2.10. The monoisotopic (exact) mass is 184 g/mol. The lowest BCUT2D eigenvalue weighted by atomic mass is 10.2. The van der Waals surface area contributed by atoms with E-state index in [9.17, 15) is 0 Å². The molecule has 2 heteroatoms. The number of aromatic nitrogens is 1. The van der Waals surface area contributed by atoms with Crippen LogP contribution in [-0.4, -0.2) is 11.6 Å². The van der Waals surface area contributed by atoms with Gasteiger partial charge in [-0.05, 0) is 24.3 Å². The van der Waals surface area contributed by atoms with Gasteiger partial charge in [-0.25, -0.2) is 0 Å². The minimum atomic E-state index is 0.990. The summed E-state index contributed by atoms with van der Waals surface area (Å²) in [6.45, 7) is 0.990. The first-order chi connectivity index (χ1) is 6.86. The van der Waals surface area contributed by atoms with Crippen molar-refractivity contribution in [2.75, 3.05) is 11.9 Å². The highest BCUT2D eigenvalue weighted by Gasteiger charge is 2.17. The number of anilines is 1. The molecule has 0 spiro atoms. The molecular formula is C12H12N2. The van der Waals surface area contributed by atoms with Gasteiger partial charge in [-0.3, -0.25) is 0 Å². The maximum atomic E-state index is 2.28. The van der Waals surface area contributed by atoms with E-state index in [4.69, 9.17) is 0 Å². The van der Waals surface area contributed by atoms with E-state index in [-0.39, 0.29) is 0 Å². The molecule has 1 aliphatic heterocycles. The lowest BCUT2D eigenvalue weighted by Gasteiger charge is -2.29. The van der Waals surface area contributed by atoms with Crippen LogP contribution in [0.3, 0.4) is 0 Å². The summed E-state index contributed by atoms with van der Waals surface area (Å²) >= 11 is 0. The van der Waals surface area contributed by atoms with E-state index in [0.29, 0.717) is 0 Å². The van der Waals surface area contributed by atoms with Crippen LogP contribution in [0.4, 0.5) is 5.69 Å². The van der Waals surface area contributed by atoms with Gasteiger partial charge in [-0.2, -0.15) is 0 Å². The number of benzene rings is 1. The predicted octanol–water partition coefficient (Wildman–Crippen LogP) is 2.43. The fourth-order valence-corrected chi connectivity index (χ4v) is 2.10. The Labute approximate surface area is 83.4 Å². The Bertz CT molecular complexity index is 471. The van der Waals surface area contributed by atoms with E-state index in [1.807, 2.05) is 0 Å². The second-order valence-corrected chi connectivity index (χ2v) is 3.71. The standard InChI is InChI=1S/C12H12N2/c1-13-9-10-5-4-8-14(10)12-7-3-2-6-11(12)13/h2-8H,9H2,1H3. The average Bonchev–Trinajstić information content (AvgIpc) is 2.66. The van der Waals surface area contributed by atoms with Crippen LogP contribution in [0, 0.1) is 0 Å². The molecule has 0 saturated heterocycles. The fraction of sp³-hybridized carbons (Fsp3) is 0.167. The molecule has 1 aliphatic rings. The normalized spacial score (nSPS) is 13.6. The number of hydrogen-bond donors (Lipinski definition) is 0. The number of para-hydroxylation sites is 2. The summed E-state index contributed by atoms with van der Waals surface area (Å²) in [6.07, 6.45) is 2.13. The van der Waals surface area contributed by atoms with Crippen LogP contribution >= 0.6 is 0 Å². The summed E-state index contributed by atoms with van der Waals surface area (Å²) in [4.78, 5) is 2.28. The Morgan fingerprint density at radius 2 is 1.79 bits per heavy atom. The van der Waals surface area contributed by atoms with Gasteiger partial charge < -0.3 is 9.47 Å². The van der Waals surface area contributed by atoms with Crippen LogP contribution in [-0.2, 0) is 6.54 Å². The van der Waals surface area contributed by atoms with Crippen LogP contribution in [0.1, 0.15) is 5.69 Å². The second kappa shape index (κ2) is 2.64. The quantitative estimate of drug-likeness (QED) is 0.610. The van der Waals surface area contributed by atoms with Crippen LogP contribution in [0.5, 0.6) is 0 Å². The van der Waals surface area contributed by atoms with E-state index in [0.717, 1.165) is 6.54 Å². The smallest absolute Gasteiger partial charge is 0.0687 e. The molecule has 2 nitrogen and oxygen atoms in total. The van der Waals surface area contributed by atoms with Crippen molar-refractivity contribution < 1.29 is 0 Å². The van der Waals surface area contributed by atoms with E-state index in [1.165, 1.54) is 17.1 Å². The molecule has 0 fully saturated rings. The summed E-state index contributed by atoms with van der Waals surface area (Å²) in [6, 6.07) is 12.8. The molecule has 0 amide bonds. The maximum Gasteiger partial charge on any atom is 0.0687 e. The number of nitrogens with zero attached hydrogens (tertiary/aromatic N) is 2. The van der Waals surface area contributed by atoms with Crippen molar-refractivity contribution in [3.8, 4) is 5.69 Å². The summed E-state index contributed by atoms with van der Waals surface area (Å²) in [5.41, 5.74) is 3.93. The van der Waals surface area contributed by atoms with Crippen LogP contribution in [0.15, 0.2) is 42.6 Å². The maximum absolute atomic E-state index is 2.28. The van der Waals surface area contributed by atoms with Gasteiger partial charge >= 0.3 is 0 Å². The molecule has 2 aromatic rings. The second-order valence-electron chi connectivity index (χ2n) is 3.71. The zero-order chi connectivity index (χ0) is 9.54. The van der Waals surface area contributed by atoms with Crippen molar-refractivity contribution >= 4 is 5.69 Å². The van der Waals surface area contributed by atoms with Crippen molar-refractivity contribution in [3.05, 3.63) is 48.3 Å². The van der Waals surface area contributed by atoms with Gasteiger partial charge in [0.25, 0.3) is 0 Å². The third kappa shape index (κ3) is 0.909. The molecule has 2 heterocycles. The third-order valence-electron chi connectivity index (χ3n) is 2.78. The van der Waals surface area contributed by atoms with E-state index >= 15 is 0 Å². The average molecular weight is 184 g/mol. The first-order valence-corrected chi connectivity index (χ1v) is 4.83. The van der Waals surface area contributed by atoms with Gasteiger partial charge in [0.1, 0.15) is 0 Å². The van der Waals surface area contributed by atoms with Gasteiger partial charge in [-0.1, -0.05) is 12.1 Å². The molecule has 14 heavy (non-hydrogen) atoms. The van der Waals surface area contributed by atoms with Crippen molar-refractivity contribution in [2.24, 2.45) is 0 Å². The SMILES string of the molecule is CN1Cc2cccn2-c2ccccc21. The van der Waals surface area contributed by atoms with Gasteiger partial charge in [0.05, 0.1) is 17.9 Å². The van der Waals surface area contributed by atoms with Gasteiger partial charge in [0.15, 0.2) is 0 Å². The lowest BCUT2D eigenvalue weighted by Crippen LogP contribution is -2.24. The summed E-state index contributed by atoms with van der Waals surface area (Å²) in [5.74, 6) is 0. The van der Waals surface area contributed by atoms with Crippen molar-refractivity contribution in [1.82, 2.24) is 4.57 Å². The third-order valence-corrected chi connectivity index (χ3v) is 2.78. The van der Waals surface area contributed by atoms with Crippen molar-refractivity contribution in [2.45, 2.75) is 6.54 Å². The molecule has 1 aromatic heterocycles. The highest BCUT2D eigenvalue weighted by molar-refractivity contribution is 5.65. The molecule has 0 atom stereocenters. The number of rotatable bonds is 0. The number of fused-ring (bicyclic) bond motifs is 3. The molecule has 70 valence electrons. The Balaban J connectivity index is 2.30. The van der Waals surface area contributed by atoms with Crippen LogP contribution < -0.4 is 4.90 Å². The summed E-state index contributed by atoms with van der Waals surface area (Å²) in [7, 11) is 2.13. The Kier molecular flexibility index (Phi) is 1.45. The molecule has 0 unspecified atom stereocenters. The topological polar surface area (TPSA) is 8.17 Å². The Morgan fingerprint density at radius 3 is 2.64 bits per heavy atom. The zero-order valence-corrected chi connectivity index (χ0v) is 8.14. The molecule has 3 rings (SSSR count). The molecular weight excluding hydrogens is 172 g/mol. The minimum Gasteiger partial charge on any atom is -0.367 e. The molecule has 0 saturated carbocycles. The molecule has 0 radical (unpaired) electrons. The van der Waals surface area contributed by atoms with E-state index in [1.54, 1.807) is 0 Å². The summed E-state index contributed by atoms with van der Waals surface area (Å²) in [5, 5.41) is 0. The summed E-state index contributed by atoms with van der Waals surface area (Å²) < 4.78 is 2.26. The molecule has 0 bridgehead atoms. The first-order valence-electron chi connectivity index (χ1n) is 4.83. The lowest BCUT2D eigenvalue weighted by molar-refractivity contribution is 0.804. The van der Waals surface area contributed by atoms with Crippen molar-refractivity contribution in [3.63, 3.8) is 0 Å². The largest absolute Gasteiger partial charge is 0.367 e. The Morgan fingerprint density at radius 1 is 1.00 bits per heavy atom. The minimum absolute atomic E-state index is 0.990. The van der Waals surface area contributed by atoms with Gasteiger partial charge in [-0.15, -0.1) is 0 Å². The molecule has 1 aromatic carbocycles. The van der Waals surface area contributed by atoms with E-state index in [2.05, 4.69) is 59.1 Å². The van der Waals surface area contributed by atoms with Crippen molar-refractivity contribution in [1.29, 1.82) is 0 Å². The van der Waals surface area contributed by atoms with Gasteiger partial charge in [0, 0.05) is 18.9 Å². The number of hydrogen-bond acceptors (Lipinski definition) is 1. The van der Waals surface area contributed by atoms with Crippen LogP contribution in [0.25, 0.3) is 5.69 Å². The van der Waals surface area contributed by atoms with Gasteiger partial charge in [0.2, 0.25) is 0 Å². The predicted molar refractivity (Wildman–Crippen MR) is 57.9 cm³/mol. The van der Waals surface area contributed by atoms with Crippen LogP contribution in [0.2, 0.25) is 0 Å². The highest BCUT2D eigenvalue weighted by Crippen LogP contribution is 2.30. The first kappa shape index (κ1) is 7.68. The van der Waals surface area contributed by atoms with E-state index < -0.39 is 0 Å². The zero-order valence-electron chi connectivity index (χ0n) is 8.14. The molecule has 0 N–H and O–H groups in total. The highest BCUT2D eigenvalue weighted by atomic mass is 15.2. The molecule has 0 aliphatic carbocycles. The Hall–Kier alpha value is -1.70.